The van der Waals surface area contributed by atoms with Crippen LogP contribution in [0.1, 0.15) is 49.4 Å². The van der Waals surface area contributed by atoms with Gasteiger partial charge in [-0.15, -0.1) is 0 Å². The number of para-hydroxylation sites is 1. The van der Waals surface area contributed by atoms with E-state index in [9.17, 15) is 14.4 Å². The van der Waals surface area contributed by atoms with Gasteiger partial charge in [-0.1, -0.05) is 12.1 Å². The molecule has 1 heterocycles. The SMILES string of the molecule is CC(=O)c1c(C)[nH]c(C(=O)Nc2ccccc2C(N)=O)c1C. The molecule has 22 heavy (non-hydrogen) atoms. The number of ketones is 1. The van der Waals surface area contributed by atoms with E-state index < -0.39 is 11.8 Å². The maximum atomic E-state index is 12.4. The Hall–Kier alpha value is -2.89. The van der Waals surface area contributed by atoms with Crippen LogP contribution in [0.3, 0.4) is 0 Å². The predicted molar refractivity (Wildman–Crippen MR) is 83.2 cm³/mol. The van der Waals surface area contributed by atoms with Gasteiger partial charge in [0.15, 0.2) is 5.78 Å². The van der Waals surface area contributed by atoms with E-state index in [2.05, 4.69) is 10.3 Å². The fourth-order valence-electron chi connectivity index (χ4n) is 2.50. The first-order valence-corrected chi connectivity index (χ1v) is 6.73. The van der Waals surface area contributed by atoms with E-state index in [1.807, 2.05) is 0 Å². The lowest BCUT2D eigenvalue weighted by Crippen LogP contribution is -2.19. The molecule has 0 bridgehead atoms. The van der Waals surface area contributed by atoms with Crippen molar-refractivity contribution in [2.24, 2.45) is 5.73 Å². The van der Waals surface area contributed by atoms with E-state index in [0.717, 1.165) is 0 Å². The van der Waals surface area contributed by atoms with Gasteiger partial charge in [0.25, 0.3) is 11.8 Å². The highest BCUT2D eigenvalue weighted by Crippen LogP contribution is 2.21. The number of hydrogen-bond donors (Lipinski definition) is 3. The Bertz CT molecular complexity index is 775. The minimum Gasteiger partial charge on any atom is -0.366 e. The van der Waals surface area contributed by atoms with Crippen molar-refractivity contribution in [2.75, 3.05) is 5.32 Å². The quantitative estimate of drug-likeness (QED) is 0.753. The summed E-state index contributed by atoms with van der Waals surface area (Å²) in [6, 6.07) is 6.48. The molecule has 2 rings (SSSR count). The molecule has 4 N–H and O–H groups in total. The molecule has 0 saturated carbocycles. The third-order valence-electron chi connectivity index (χ3n) is 3.46. The van der Waals surface area contributed by atoms with Gasteiger partial charge in [0.05, 0.1) is 11.3 Å². The highest BCUT2D eigenvalue weighted by molar-refractivity contribution is 6.10. The monoisotopic (exact) mass is 299 g/mol. The Kier molecular flexibility index (Phi) is 4.12. The number of aryl methyl sites for hydroxylation is 1. The van der Waals surface area contributed by atoms with Crippen molar-refractivity contribution in [3.05, 3.63) is 52.3 Å². The molecule has 2 amide bonds. The minimum absolute atomic E-state index is 0.108. The molecule has 6 heteroatoms. The summed E-state index contributed by atoms with van der Waals surface area (Å²) >= 11 is 0. The van der Waals surface area contributed by atoms with Gasteiger partial charge in [0.2, 0.25) is 0 Å². The van der Waals surface area contributed by atoms with Crippen molar-refractivity contribution in [3.63, 3.8) is 0 Å². The highest BCUT2D eigenvalue weighted by Gasteiger charge is 2.20. The number of aromatic amines is 1. The topological polar surface area (TPSA) is 105 Å². The number of benzene rings is 1. The van der Waals surface area contributed by atoms with E-state index in [0.29, 0.717) is 28.2 Å². The zero-order valence-corrected chi connectivity index (χ0v) is 12.6. The summed E-state index contributed by atoms with van der Waals surface area (Å²) in [5.41, 5.74) is 7.86. The van der Waals surface area contributed by atoms with Crippen LogP contribution < -0.4 is 11.1 Å². The Morgan fingerprint density at radius 2 is 1.77 bits per heavy atom. The number of rotatable bonds is 4. The average Bonchev–Trinajstić information content (AvgIpc) is 2.74. The summed E-state index contributed by atoms with van der Waals surface area (Å²) in [5.74, 6) is -1.16. The summed E-state index contributed by atoms with van der Waals surface area (Å²) in [7, 11) is 0. The van der Waals surface area contributed by atoms with Crippen LogP contribution in [0.4, 0.5) is 5.69 Å². The highest BCUT2D eigenvalue weighted by atomic mass is 16.2. The Morgan fingerprint density at radius 1 is 1.14 bits per heavy atom. The third kappa shape index (κ3) is 2.76. The second kappa shape index (κ2) is 5.85. The molecule has 0 aliphatic carbocycles. The van der Waals surface area contributed by atoms with Crippen LogP contribution in [-0.2, 0) is 0 Å². The van der Waals surface area contributed by atoms with Crippen molar-refractivity contribution in [1.82, 2.24) is 4.98 Å². The van der Waals surface area contributed by atoms with Gasteiger partial charge in [-0.2, -0.15) is 0 Å². The van der Waals surface area contributed by atoms with Gasteiger partial charge in [-0.05, 0) is 38.5 Å². The molecule has 2 aromatic rings. The van der Waals surface area contributed by atoms with Crippen molar-refractivity contribution in [3.8, 4) is 0 Å². The molecule has 0 radical (unpaired) electrons. The van der Waals surface area contributed by atoms with Crippen LogP contribution in [-0.4, -0.2) is 22.6 Å². The fourth-order valence-corrected chi connectivity index (χ4v) is 2.50. The van der Waals surface area contributed by atoms with Crippen LogP contribution in [0.25, 0.3) is 0 Å². The van der Waals surface area contributed by atoms with Crippen molar-refractivity contribution >= 4 is 23.3 Å². The number of Topliss-reactive ketones (excluding diaryl/α,β-unsaturated/α-hetero) is 1. The number of H-pyrrole nitrogens is 1. The first-order valence-electron chi connectivity index (χ1n) is 6.73. The average molecular weight is 299 g/mol. The van der Waals surface area contributed by atoms with E-state index >= 15 is 0 Å². The molecule has 0 atom stereocenters. The number of primary amides is 1. The Labute approximate surface area is 127 Å². The van der Waals surface area contributed by atoms with Crippen LogP contribution in [0.15, 0.2) is 24.3 Å². The fraction of sp³-hybridized carbons (Fsp3) is 0.188. The molecule has 0 saturated heterocycles. The normalized spacial score (nSPS) is 10.3. The van der Waals surface area contributed by atoms with Gasteiger partial charge in [-0.3, -0.25) is 14.4 Å². The molecule has 114 valence electrons. The molecule has 0 unspecified atom stereocenters. The molecule has 1 aromatic heterocycles. The minimum atomic E-state index is -0.625. The van der Waals surface area contributed by atoms with Crippen LogP contribution in [0.2, 0.25) is 0 Å². The lowest BCUT2D eigenvalue weighted by Gasteiger charge is -2.08. The summed E-state index contributed by atoms with van der Waals surface area (Å²) in [6.45, 7) is 4.89. The summed E-state index contributed by atoms with van der Waals surface area (Å²) in [5, 5.41) is 2.65. The van der Waals surface area contributed by atoms with E-state index in [-0.39, 0.29) is 11.3 Å². The van der Waals surface area contributed by atoms with Crippen molar-refractivity contribution in [1.29, 1.82) is 0 Å². The number of nitrogens with two attached hydrogens (primary N) is 1. The smallest absolute Gasteiger partial charge is 0.272 e. The number of amides is 2. The molecule has 1 aromatic carbocycles. The lowest BCUT2D eigenvalue weighted by atomic mass is 10.1. The summed E-state index contributed by atoms with van der Waals surface area (Å²) < 4.78 is 0. The largest absolute Gasteiger partial charge is 0.366 e. The molecule has 0 fully saturated rings. The van der Waals surface area contributed by atoms with Gasteiger partial charge in [0, 0.05) is 11.3 Å². The van der Waals surface area contributed by atoms with Crippen LogP contribution in [0, 0.1) is 13.8 Å². The third-order valence-corrected chi connectivity index (χ3v) is 3.46. The number of carbonyl (C=O) groups excluding carboxylic acids is 3. The molecular weight excluding hydrogens is 282 g/mol. The molecular formula is C16H17N3O3. The first kappa shape index (κ1) is 15.5. The van der Waals surface area contributed by atoms with Gasteiger partial charge < -0.3 is 16.0 Å². The van der Waals surface area contributed by atoms with E-state index in [1.54, 1.807) is 32.0 Å². The lowest BCUT2D eigenvalue weighted by molar-refractivity contribution is 0.0996. The Balaban J connectivity index is 2.37. The molecule has 0 aliphatic rings. The van der Waals surface area contributed by atoms with Gasteiger partial charge >= 0.3 is 0 Å². The second-order valence-corrected chi connectivity index (χ2v) is 5.05. The van der Waals surface area contributed by atoms with E-state index in [1.165, 1.54) is 13.0 Å². The molecule has 0 aliphatic heterocycles. The standard InChI is InChI=1S/C16H17N3O3/c1-8-13(10(3)20)9(2)18-14(8)16(22)19-12-7-5-4-6-11(12)15(17)21/h4-7,18H,1-3H3,(H2,17,21)(H,19,22). The number of anilines is 1. The second-order valence-electron chi connectivity index (χ2n) is 5.05. The Morgan fingerprint density at radius 3 is 2.32 bits per heavy atom. The van der Waals surface area contributed by atoms with Crippen LogP contribution >= 0.6 is 0 Å². The number of hydrogen-bond acceptors (Lipinski definition) is 3. The van der Waals surface area contributed by atoms with Crippen molar-refractivity contribution in [2.45, 2.75) is 20.8 Å². The zero-order valence-electron chi connectivity index (χ0n) is 12.6. The summed E-state index contributed by atoms with van der Waals surface area (Å²) in [4.78, 5) is 38.3. The number of nitrogens with one attached hydrogen (secondary N) is 2. The van der Waals surface area contributed by atoms with Gasteiger partial charge in [-0.25, -0.2) is 0 Å². The summed E-state index contributed by atoms with van der Waals surface area (Å²) in [6.07, 6.45) is 0. The van der Waals surface area contributed by atoms with Crippen molar-refractivity contribution < 1.29 is 14.4 Å². The maximum absolute atomic E-state index is 12.4. The molecule has 0 spiro atoms. The van der Waals surface area contributed by atoms with Crippen LogP contribution in [0.5, 0.6) is 0 Å². The first-order chi connectivity index (χ1) is 10.3. The number of carbonyl (C=O) groups is 3. The maximum Gasteiger partial charge on any atom is 0.272 e. The predicted octanol–water partition coefficient (Wildman–Crippen LogP) is 2.19. The zero-order chi connectivity index (χ0) is 16.4. The number of aromatic nitrogens is 1. The molecule has 6 nitrogen and oxygen atoms in total. The van der Waals surface area contributed by atoms with E-state index in [4.69, 9.17) is 5.73 Å². The van der Waals surface area contributed by atoms with Gasteiger partial charge in [0.1, 0.15) is 5.69 Å².